The van der Waals surface area contributed by atoms with Gasteiger partial charge >= 0.3 is 0 Å². The standard InChI is InChI=1S/C23H26N4O/c1-18-6-11-21(16-22(18)26-13-3-2-4-14-26)25-23(28)20-9-7-19(8-10-20)17-27-15-5-12-24-27/h5-12,15-16H,2-4,13-14,17H2,1H3,(H,25,28). The second kappa shape index (κ2) is 8.30. The van der Waals surface area contributed by atoms with E-state index in [1.807, 2.05) is 47.3 Å². The molecule has 1 saturated heterocycles. The number of carbonyl (C=O) groups excluding carboxylic acids is 1. The molecule has 1 aromatic heterocycles. The van der Waals surface area contributed by atoms with E-state index < -0.39 is 0 Å². The summed E-state index contributed by atoms with van der Waals surface area (Å²) in [5.74, 6) is -0.0842. The summed E-state index contributed by atoms with van der Waals surface area (Å²) in [6.07, 6.45) is 7.48. The second-order valence-corrected chi connectivity index (χ2v) is 7.40. The minimum atomic E-state index is -0.0842. The second-order valence-electron chi connectivity index (χ2n) is 7.40. The molecule has 0 aliphatic carbocycles. The fourth-order valence-electron chi connectivity index (χ4n) is 3.71. The molecule has 1 amide bonds. The zero-order chi connectivity index (χ0) is 19.3. The molecule has 5 nitrogen and oxygen atoms in total. The molecule has 1 fully saturated rings. The summed E-state index contributed by atoms with van der Waals surface area (Å²) in [5.41, 5.74) is 5.10. The van der Waals surface area contributed by atoms with Crippen LogP contribution in [0.5, 0.6) is 0 Å². The van der Waals surface area contributed by atoms with E-state index in [1.165, 1.54) is 30.5 Å². The number of rotatable bonds is 5. The highest BCUT2D eigenvalue weighted by molar-refractivity contribution is 6.04. The van der Waals surface area contributed by atoms with Crippen LogP contribution in [-0.2, 0) is 6.54 Å². The predicted molar refractivity (Wildman–Crippen MR) is 113 cm³/mol. The third-order valence-corrected chi connectivity index (χ3v) is 5.28. The molecule has 0 radical (unpaired) electrons. The highest BCUT2D eigenvalue weighted by Crippen LogP contribution is 2.27. The number of piperidine rings is 1. The zero-order valence-electron chi connectivity index (χ0n) is 16.3. The Labute approximate surface area is 166 Å². The van der Waals surface area contributed by atoms with Crippen LogP contribution in [0.15, 0.2) is 60.9 Å². The minimum absolute atomic E-state index is 0.0842. The van der Waals surface area contributed by atoms with Crippen LogP contribution in [0.3, 0.4) is 0 Å². The van der Waals surface area contributed by atoms with Gasteiger partial charge in [0.25, 0.3) is 5.91 Å². The molecule has 144 valence electrons. The van der Waals surface area contributed by atoms with Gasteiger partial charge in [0.15, 0.2) is 0 Å². The van der Waals surface area contributed by atoms with Crippen molar-refractivity contribution < 1.29 is 4.79 Å². The van der Waals surface area contributed by atoms with E-state index in [1.54, 1.807) is 6.20 Å². The van der Waals surface area contributed by atoms with E-state index in [2.05, 4.69) is 34.4 Å². The number of benzene rings is 2. The maximum Gasteiger partial charge on any atom is 0.255 e. The van der Waals surface area contributed by atoms with E-state index in [9.17, 15) is 4.79 Å². The molecule has 2 aromatic carbocycles. The number of nitrogens with zero attached hydrogens (tertiary/aromatic N) is 3. The van der Waals surface area contributed by atoms with E-state index in [0.29, 0.717) is 12.1 Å². The van der Waals surface area contributed by atoms with E-state index in [0.717, 1.165) is 24.3 Å². The van der Waals surface area contributed by atoms with E-state index in [-0.39, 0.29) is 5.91 Å². The number of aromatic nitrogens is 2. The third kappa shape index (κ3) is 4.25. The van der Waals surface area contributed by atoms with Gasteiger partial charge in [0.2, 0.25) is 0 Å². The Hall–Kier alpha value is -3.08. The molecule has 0 saturated carbocycles. The normalized spacial score (nSPS) is 14.1. The van der Waals surface area contributed by atoms with Gasteiger partial charge < -0.3 is 10.2 Å². The van der Waals surface area contributed by atoms with Crippen LogP contribution in [0, 0.1) is 6.92 Å². The average molecular weight is 374 g/mol. The largest absolute Gasteiger partial charge is 0.371 e. The highest BCUT2D eigenvalue weighted by Gasteiger charge is 2.14. The number of hydrogen-bond donors (Lipinski definition) is 1. The number of hydrogen-bond acceptors (Lipinski definition) is 3. The number of anilines is 2. The molecule has 3 aromatic rings. The SMILES string of the molecule is Cc1ccc(NC(=O)c2ccc(Cn3cccn3)cc2)cc1N1CCCCC1. The Bertz CT molecular complexity index is 926. The summed E-state index contributed by atoms with van der Waals surface area (Å²) >= 11 is 0. The first-order valence-corrected chi connectivity index (χ1v) is 9.92. The Morgan fingerprint density at radius 1 is 1.07 bits per heavy atom. The fourth-order valence-corrected chi connectivity index (χ4v) is 3.71. The van der Waals surface area contributed by atoms with Crippen LogP contribution < -0.4 is 10.2 Å². The molecule has 2 heterocycles. The van der Waals surface area contributed by atoms with Gasteiger partial charge in [0.1, 0.15) is 0 Å². The van der Waals surface area contributed by atoms with Gasteiger partial charge in [-0.15, -0.1) is 0 Å². The van der Waals surface area contributed by atoms with Crippen molar-refractivity contribution in [3.8, 4) is 0 Å². The summed E-state index contributed by atoms with van der Waals surface area (Å²) in [5, 5.41) is 7.26. The molecule has 1 N–H and O–H groups in total. The minimum Gasteiger partial charge on any atom is -0.371 e. The molecule has 28 heavy (non-hydrogen) atoms. The highest BCUT2D eigenvalue weighted by atomic mass is 16.1. The van der Waals surface area contributed by atoms with E-state index in [4.69, 9.17) is 0 Å². The van der Waals surface area contributed by atoms with Crippen LogP contribution in [0.2, 0.25) is 0 Å². The molecule has 5 heteroatoms. The molecule has 0 atom stereocenters. The fraction of sp³-hybridized carbons (Fsp3) is 0.304. The van der Waals surface area contributed by atoms with Crippen LogP contribution in [0.1, 0.15) is 40.7 Å². The Balaban J connectivity index is 1.44. The predicted octanol–water partition coefficient (Wildman–Crippen LogP) is 4.48. The third-order valence-electron chi connectivity index (χ3n) is 5.28. The molecule has 0 spiro atoms. The summed E-state index contributed by atoms with van der Waals surface area (Å²) in [7, 11) is 0. The first kappa shape index (κ1) is 18.3. The number of amides is 1. The molecular weight excluding hydrogens is 348 g/mol. The lowest BCUT2D eigenvalue weighted by Crippen LogP contribution is -2.30. The maximum absolute atomic E-state index is 12.7. The number of nitrogens with one attached hydrogen (secondary N) is 1. The van der Waals surface area contributed by atoms with E-state index >= 15 is 0 Å². The molecule has 0 unspecified atom stereocenters. The lowest BCUT2D eigenvalue weighted by Gasteiger charge is -2.30. The van der Waals surface area contributed by atoms with Gasteiger partial charge in [-0.1, -0.05) is 18.2 Å². The first-order valence-electron chi connectivity index (χ1n) is 9.92. The Kier molecular flexibility index (Phi) is 5.42. The lowest BCUT2D eigenvalue weighted by molar-refractivity contribution is 0.102. The van der Waals surface area contributed by atoms with Crippen LogP contribution in [0.25, 0.3) is 0 Å². The van der Waals surface area contributed by atoms with Crippen molar-refractivity contribution in [3.63, 3.8) is 0 Å². The molecule has 1 aliphatic rings. The summed E-state index contributed by atoms with van der Waals surface area (Å²) < 4.78 is 1.86. The van der Waals surface area contributed by atoms with Gasteiger partial charge in [0.05, 0.1) is 6.54 Å². The Morgan fingerprint density at radius 2 is 1.86 bits per heavy atom. The van der Waals surface area contributed by atoms with Crippen molar-refractivity contribution in [1.82, 2.24) is 9.78 Å². The molecular formula is C23H26N4O. The van der Waals surface area contributed by atoms with Crippen LogP contribution in [-0.4, -0.2) is 28.8 Å². The first-order chi connectivity index (χ1) is 13.7. The quantitative estimate of drug-likeness (QED) is 0.716. The smallest absolute Gasteiger partial charge is 0.255 e. The maximum atomic E-state index is 12.7. The van der Waals surface area contributed by atoms with Crippen molar-refractivity contribution in [3.05, 3.63) is 77.6 Å². The van der Waals surface area contributed by atoms with Gasteiger partial charge in [-0.2, -0.15) is 5.10 Å². The molecule has 4 rings (SSSR count). The van der Waals surface area contributed by atoms with Crippen molar-refractivity contribution >= 4 is 17.3 Å². The summed E-state index contributed by atoms with van der Waals surface area (Å²) in [4.78, 5) is 15.1. The van der Waals surface area contributed by atoms with Crippen LogP contribution >= 0.6 is 0 Å². The lowest BCUT2D eigenvalue weighted by atomic mass is 10.1. The number of aryl methyl sites for hydroxylation is 1. The van der Waals surface area contributed by atoms with Gasteiger partial charge in [0, 0.05) is 42.4 Å². The van der Waals surface area contributed by atoms with Crippen molar-refractivity contribution in [1.29, 1.82) is 0 Å². The monoisotopic (exact) mass is 374 g/mol. The van der Waals surface area contributed by atoms with Crippen molar-refractivity contribution in [2.75, 3.05) is 23.3 Å². The van der Waals surface area contributed by atoms with Gasteiger partial charge in [-0.25, -0.2) is 0 Å². The zero-order valence-corrected chi connectivity index (χ0v) is 16.3. The van der Waals surface area contributed by atoms with Gasteiger partial charge in [-0.05, 0) is 67.6 Å². The van der Waals surface area contributed by atoms with Crippen molar-refractivity contribution in [2.24, 2.45) is 0 Å². The average Bonchev–Trinajstić information content (AvgIpc) is 3.23. The van der Waals surface area contributed by atoms with Crippen LogP contribution in [0.4, 0.5) is 11.4 Å². The summed E-state index contributed by atoms with van der Waals surface area (Å²) in [6.45, 7) is 5.02. The Morgan fingerprint density at radius 3 is 2.57 bits per heavy atom. The topological polar surface area (TPSA) is 50.2 Å². The molecule has 0 bridgehead atoms. The van der Waals surface area contributed by atoms with Crippen molar-refractivity contribution in [2.45, 2.75) is 32.7 Å². The number of carbonyl (C=O) groups is 1. The molecule has 1 aliphatic heterocycles. The van der Waals surface area contributed by atoms with Gasteiger partial charge in [-0.3, -0.25) is 9.48 Å². The summed E-state index contributed by atoms with van der Waals surface area (Å²) in [6, 6.07) is 15.8.